The molecule has 2 aromatic carbocycles. The van der Waals surface area contributed by atoms with Crippen molar-refractivity contribution in [3.63, 3.8) is 0 Å². The van der Waals surface area contributed by atoms with Crippen LogP contribution >= 0.6 is 0 Å². The van der Waals surface area contributed by atoms with E-state index in [2.05, 4.69) is 4.98 Å². The van der Waals surface area contributed by atoms with Crippen LogP contribution in [0.5, 0.6) is 0 Å². The van der Waals surface area contributed by atoms with Crippen LogP contribution in [-0.4, -0.2) is 4.98 Å². The zero-order chi connectivity index (χ0) is 37.4. The molecule has 0 saturated heterocycles. The minimum absolute atomic E-state index is 0.0211. The molecular weight excluding hydrogens is 416 g/mol. The van der Waals surface area contributed by atoms with Crippen molar-refractivity contribution in [2.24, 2.45) is 7.05 Å². The van der Waals surface area contributed by atoms with E-state index in [9.17, 15) is 0 Å². The van der Waals surface area contributed by atoms with Crippen LogP contribution in [0.2, 0.25) is 0 Å². The van der Waals surface area contributed by atoms with Crippen molar-refractivity contribution in [3.05, 3.63) is 82.8 Å². The predicted octanol–water partition coefficient (Wildman–Crippen LogP) is 7.52. The molecule has 0 radical (unpaired) electrons. The van der Waals surface area contributed by atoms with E-state index in [1.807, 2.05) is 0 Å². The summed E-state index contributed by atoms with van der Waals surface area (Å²) in [4.78, 5) is 4.27. The van der Waals surface area contributed by atoms with Gasteiger partial charge >= 0.3 is 0 Å². The van der Waals surface area contributed by atoms with Gasteiger partial charge < -0.3 is 4.42 Å². The lowest BCUT2D eigenvalue weighted by Crippen LogP contribution is -2.32. The number of hydrogen-bond donors (Lipinski definition) is 0. The third-order valence-corrected chi connectivity index (χ3v) is 6.64. The monoisotopic (exact) mass is 463 g/mol. The second-order valence-corrected chi connectivity index (χ2v) is 8.75. The summed E-state index contributed by atoms with van der Waals surface area (Å²) in [6.45, 7) is -14.3. The van der Waals surface area contributed by atoms with Crippen molar-refractivity contribution in [2.75, 3.05) is 0 Å². The van der Waals surface area contributed by atoms with Gasteiger partial charge in [0.2, 0.25) is 5.69 Å². The molecule has 3 heteroatoms. The topological polar surface area (TPSA) is 29.9 Å². The summed E-state index contributed by atoms with van der Waals surface area (Å²) in [7, 11) is 1.49. The molecule has 34 heavy (non-hydrogen) atoms. The third kappa shape index (κ3) is 2.76. The molecule has 1 aliphatic rings. The Bertz CT molecular complexity index is 2170. The zero-order valence-electron chi connectivity index (χ0n) is 34.5. The van der Waals surface area contributed by atoms with Gasteiger partial charge in [-0.25, -0.2) is 4.57 Å². The first-order chi connectivity index (χ1) is 22.7. The first-order valence-corrected chi connectivity index (χ1v) is 10.7. The van der Waals surface area contributed by atoms with Gasteiger partial charge in [-0.3, -0.25) is 4.98 Å². The van der Waals surface area contributed by atoms with E-state index in [-0.39, 0.29) is 28.1 Å². The van der Waals surface area contributed by atoms with Crippen LogP contribution < -0.4 is 4.57 Å². The first-order valence-electron chi connectivity index (χ1n) is 18.7. The van der Waals surface area contributed by atoms with Gasteiger partial charge in [0, 0.05) is 61.5 Å². The summed E-state index contributed by atoms with van der Waals surface area (Å²) in [5, 5.41) is 0.787. The second-order valence-electron chi connectivity index (χ2n) is 8.75. The fraction of sp³-hybridized carbons (Fsp3) is 0.290. The number of pyridine rings is 2. The number of benzene rings is 2. The van der Waals surface area contributed by atoms with Crippen LogP contribution in [0.1, 0.15) is 83.2 Å². The Morgan fingerprint density at radius 3 is 2.74 bits per heavy atom. The Balaban J connectivity index is 1.73. The third-order valence-electron chi connectivity index (χ3n) is 6.64. The summed E-state index contributed by atoms with van der Waals surface area (Å²) in [5.74, 6) is -3.33. The molecule has 5 aromatic rings. The molecule has 0 saturated carbocycles. The highest BCUT2D eigenvalue weighted by Crippen LogP contribution is 2.50. The lowest BCUT2D eigenvalue weighted by Gasteiger charge is -2.19. The molecule has 170 valence electrons. The quantitative estimate of drug-likeness (QED) is 0.253. The Kier molecular flexibility index (Phi) is 2.07. The molecule has 0 spiro atoms. The Morgan fingerprint density at radius 2 is 1.94 bits per heavy atom. The van der Waals surface area contributed by atoms with Crippen molar-refractivity contribution in [1.29, 1.82) is 0 Å². The minimum Gasteiger partial charge on any atom is -0.455 e. The van der Waals surface area contributed by atoms with E-state index in [4.69, 9.17) is 26.3 Å². The molecule has 0 fully saturated rings. The van der Waals surface area contributed by atoms with E-state index >= 15 is 0 Å². The zero-order valence-corrected chi connectivity index (χ0v) is 18.5. The normalized spacial score (nSPS) is 23.4. The van der Waals surface area contributed by atoms with Gasteiger partial charge in [-0.2, -0.15) is 0 Å². The van der Waals surface area contributed by atoms with Gasteiger partial charge in [0.1, 0.15) is 18.2 Å². The van der Waals surface area contributed by atoms with Crippen LogP contribution in [0.15, 0.2) is 59.3 Å². The maximum atomic E-state index is 8.89. The predicted molar refractivity (Wildman–Crippen MR) is 139 cm³/mol. The highest BCUT2D eigenvalue weighted by atomic mass is 16.3. The minimum atomic E-state index is -3.47. The van der Waals surface area contributed by atoms with Crippen LogP contribution in [0.25, 0.3) is 44.3 Å². The number of furan rings is 1. The summed E-state index contributed by atoms with van der Waals surface area (Å²) in [6.07, 6.45) is 2.44. The van der Waals surface area contributed by atoms with Crippen LogP contribution in [-0.2, 0) is 12.5 Å². The molecule has 1 aliphatic carbocycles. The molecule has 0 N–H and O–H groups in total. The molecule has 0 amide bonds. The number of fused-ring (bicyclic) bond motifs is 6. The highest BCUT2D eigenvalue weighted by Gasteiger charge is 2.37. The molecule has 0 bridgehead atoms. The van der Waals surface area contributed by atoms with Crippen LogP contribution in [0.4, 0.5) is 0 Å². The lowest BCUT2D eigenvalue weighted by atomic mass is 9.84. The van der Waals surface area contributed by atoms with E-state index in [1.54, 1.807) is 37.3 Å². The van der Waals surface area contributed by atoms with Crippen LogP contribution in [0, 0.1) is 13.8 Å². The summed E-state index contributed by atoms with van der Waals surface area (Å²) in [6, 6.07) is 10.7. The number of aryl methyl sites for hydroxylation is 3. The van der Waals surface area contributed by atoms with Crippen molar-refractivity contribution in [3.8, 4) is 22.4 Å². The number of rotatable bonds is 2. The van der Waals surface area contributed by atoms with Gasteiger partial charge in [0.25, 0.3) is 0 Å². The molecule has 3 nitrogen and oxygen atoms in total. The number of nitrogens with zero attached hydrogens (tertiary/aromatic N) is 2. The van der Waals surface area contributed by atoms with Gasteiger partial charge in [-0.15, -0.1) is 0 Å². The number of hydrogen-bond acceptors (Lipinski definition) is 2. The molecule has 0 unspecified atom stereocenters. The molecule has 3 aromatic heterocycles. The molecular formula is C31H31N2O+. The fourth-order valence-electron chi connectivity index (χ4n) is 4.99. The van der Waals surface area contributed by atoms with Crippen molar-refractivity contribution in [1.82, 2.24) is 4.98 Å². The second kappa shape index (κ2) is 7.02. The lowest BCUT2D eigenvalue weighted by molar-refractivity contribution is -0.660. The van der Waals surface area contributed by atoms with Gasteiger partial charge in [0.15, 0.2) is 6.20 Å². The molecule has 3 heterocycles. The molecule has 6 rings (SSSR count). The number of aromatic nitrogens is 2. The average Bonchev–Trinajstić information content (AvgIpc) is 3.46. The molecule has 0 atom stereocenters. The first kappa shape index (κ1) is 10.0. The van der Waals surface area contributed by atoms with Crippen LogP contribution in [0.3, 0.4) is 0 Å². The van der Waals surface area contributed by atoms with E-state index < -0.39 is 56.7 Å². The standard InChI is InChI=1S/C31H31N2O/c1-17(2)22-14-26(33(7)16-19(22)4)28-18(3)10-11-20-24-13-25-23(15-27(24)34-29(20)28)21-9-8-12-32-30(21)31(25,5)6/h8-17H,1-7H3/q+1/i1D3,2D3,4D3,5D3,6D3,17D. The van der Waals surface area contributed by atoms with E-state index in [1.165, 1.54) is 23.9 Å². The smallest absolute Gasteiger partial charge is 0.216 e. The average molecular weight is 464 g/mol. The van der Waals surface area contributed by atoms with Crippen molar-refractivity contribution < 1.29 is 30.9 Å². The molecule has 0 aliphatic heterocycles. The Hall–Kier alpha value is -3.46. The van der Waals surface area contributed by atoms with Crippen molar-refractivity contribution in [2.45, 2.75) is 52.5 Å². The summed E-state index contributed by atoms with van der Waals surface area (Å²) >= 11 is 0. The van der Waals surface area contributed by atoms with Gasteiger partial charge in [-0.05, 0) is 60.1 Å². The Labute approximate surface area is 223 Å². The van der Waals surface area contributed by atoms with Gasteiger partial charge in [-0.1, -0.05) is 45.6 Å². The fourth-order valence-corrected chi connectivity index (χ4v) is 4.99. The Morgan fingerprint density at radius 1 is 1.06 bits per heavy atom. The van der Waals surface area contributed by atoms with Crippen molar-refractivity contribution >= 4 is 21.9 Å². The van der Waals surface area contributed by atoms with E-state index in [0.717, 1.165) is 12.3 Å². The largest absolute Gasteiger partial charge is 0.455 e. The maximum absolute atomic E-state index is 8.89. The maximum Gasteiger partial charge on any atom is 0.216 e. The summed E-state index contributed by atoms with van der Waals surface area (Å²) < 4.78 is 141. The summed E-state index contributed by atoms with van der Waals surface area (Å²) in [5.41, 5.74) is -1.77. The van der Waals surface area contributed by atoms with E-state index in [0.29, 0.717) is 33.0 Å². The highest BCUT2D eigenvalue weighted by molar-refractivity contribution is 6.11. The SMILES string of the molecule is [2H]C([2H])([2H])c1c[n+](C)c(-c2c(C)ccc3c2oc2cc4c(cc23)C(C([2H])([2H])[2H])(C([2H])([2H])[2H])c2ncccc2-4)cc1C([2H])(C([2H])([2H])[2H])C([2H])([2H])[2H]. The van der Waals surface area contributed by atoms with Gasteiger partial charge in [0.05, 0.1) is 11.3 Å².